The number of rotatable bonds is 6. The molecule has 5 nitrogen and oxygen atoms in total. The third kappa shape index (κ3) is 7.49. The van der Waals surface area contributed by atoms with E-state index in [2.05, 4.69) is 78.0 Å². The zero-order chi connectivity index (χ0) is 25.3. The van der Waals surface area contributed by atoms with Crippen molar-refractivity contribution in [3.8, 4) is 0 Å². The molecule has 1 aliphatic heterocycles. The van der Waals surface area contributed by atoms with Gasteiger partial charge in [0.25, 0.3) is 5.91 Å². The maximum atomic E-state index is 13.2. The summed E-state index contributed by atoms with van der Waals surface area (Å²) in [5, 5.41) is 17.7. The molecule has 4 bridgehead atoms. The fraction of sp³-hybridized carbons (Fsp3) is 0.419. The lowest BCUT2D eigenvalue weighted by atomic mass is 9.97. The van der Waals surface area contributed by atoms with E-state index in [9.17, 15) is 9.90 Å². The van der Waals surface area contributed by atoms with Gasteiger partial charge in [-0.25, -0.2) is 0 Å². The Labute approximate surface area is 215 Å². The molecule has 0 spiro atoms. The molecule has 1 aromatic heterocycles. The molecule has 0 saturated carbocycles. The monoisotopic (exact) mass is 485 g/mol. The Hall–Kier alpha value is -3.02. The number of carbonyl (C=O) groups excluding carboxylic acids is 1. The van der Waals surface area contributed by atoms with Crippen LogP contribution >= 0.6 is 0 Å². The lowest BCUT2D eigenvalue weighted by Crippen LogP contribution is -2.48. The van der Waals surface area contributed by atoms with Crippen molar-refractivity contribution in [1.82, 2.24) is 15.6 Å². The van der Waals surface area contributed by atoms with Gasteiger partial charge in [-0.1, -0.05) is 68.8 Å². The zero-order valence-electron chi connectivity index (χ0n) is 21.5. The van der Waals surface area contributed by atoms with Gasteiger partial charge in [-0.3, -0.25) is 9.78 Å². The number of amides is 1. The van der Waals surface area contributed by atoms with Crippen molar-refractivity contribution < 1.29 is 9.90 Å². The molecule has 0 unspecified atom stereocenters. The Morgan fingerprint density at radius 2 is 1.81 bits per heavy atom. The summed E-state index contributed by atoms with van der Waals surface area (Å²) >= 11 is 0. The number of nitrogens with zero attached hydrogens (tertiary/aromatic N) is 1. The fourth-order valence-electron chi connectivity index (χ4n) is 4.84. The van der Waals surface area contributed by atoms with Crippen molar-refractivity contribution in [2.75, 3.05) is 6.54 Å². The highest BCUT2D eigenvalue weighted by molar-refractivity contribution is 5.94. The molecule has 0 fully saturated rings. The van der Waals surface area contributed by atoms with Crippen LogP contribution < -0.4 is 10.6 Å². The summed E-state index contributed by atoms with van der Waals surface area (Å²) in [6.45, 7) is 5.43. The summed E-state index contributed by atoms with van der Waals surface area (Å²) in [7, 11) is 0. The maximum absolute atomic E-state index is 13.2. The highest BCUT2D eigenvalue weighted by Crippen LogP contribution is 2.17. The minimum Gasteiger partial charge on any atom is -0.390 e. The van der Waals surface area contributed by atoms with E-state index < -0.39 is 12.1 Å². The average molecular weight is 486 g/mol. The molecular formula is C31H39N3O2. The van der Waals surface area contributed by atoms with E-state index in [1.807, 2.05) is 6.07 Å². The van der Waals surface area contributed by atoms with Gasteiger partial charge in [0.1, 0.15) is 0 Å². The molecule has 2 aromatic carbocycles. The standard InChI is InChI=1S/C31H39N3O2/c1-22(2)26-12-7-11-25(17-26)20-32-21-30(35)29-18-24-10-6-9-23(16-24)8-4-3-5-13-28-19-27(14-15-33-28)31(36)34-29/h6-7,9-12,14-17,19,22,29-30,32,35H,3-5,8,13,18,20-21H2,1-2H3,(H,34,36)/t29-,30+/m0/s1. The summed E-state index contributed by atoms with van der Waals surface area (Å²) < 4.78 is 0. The van der Waals surface area contributed by atoms with E-state index in [0.717, 1.165) is 43.4 Å². The Kier molecular flexibility index (Phi) is 9.26. The van der Waals surface area contributed by atoms with E-state index >= 15 is 0 Å². The van der Waals surface area contributed by atoms with Crippen LogP contribution in [0.5, 0.6) is 0 Å². The van der Waals surface area contributed by atoms with Crippen LogP contribution in [0.2, 0.25) is 0 Å². The predicted octanol–water partition coefficient (Wildman–Crippen LogP) is 4.97. The van der Waals surface area contributed by atoms with E-state index in [1.165, 1.54) is 16.7 Å². The summed E-state index contributed by atoms with van der Waals surface area (Å²) in [5.74, 6) is 0.308. The van der Waals surface area contributed by atoms with Crippen LogP contribution in [0.4, 0.5) is 0 Å². The molecule has 0 saturated heterocycles. The number of hydrogen-bond acceptors (Lipinski definition) is 4. The highest BCUT2D eigenvalue weighted by atomic mass is 16.3. The second kappa shape index (κ2) is 12.8. The van der Waals surface area contributed by atoms with E-state index in [0.29, 0.717) is 31.0 Å². The summed E-state index contributed by atoms with van der Waals surface area (Å²) in [6, 6.07) is 20.3. The fourth-order valence-corrected chi connectivity index (χ4v) is 4.84. The number of aliphatic hydroxyl groups is 1. The minimum absolute atomic E-state index is 0.168. The van der Waals surface area contributed by atoms with E-state index in [-0.39, 0.29) is 5.91 Å². The smallest absolute Gasteiger partial charge is 0.251 e. The van der Waals surface area contributed by atoms with Crippen molar-refractivity contribution in [1.29, 1.82) is 0 Å². The van der Waals surface area contributed by atoms with Crippen LogP contribution in [-0.2, 0) is 25.8 Å². The zero-order valence-corrected chi connectivity index (χ0v) is 21.5. The molecule has 3 N–H and O–H groups in total. The first-order valence-electron chi connectivity index (χ1n) is 13.3. The largest absolute Gasteiger partial charge is 0.390 e. The van der Waals surface area contributed by atoms with Gasteiger partial charge in [-0.2, -0.15) is 0 Å². The highest BCUT2D eigenvalue weighted by Gasteiger charge is 2.23. The quantitative estimate of drug-likeness (QED) is 0.461. The number of aromatic nitrogens is 1. The van der Waals surface area contributed by atoms with Crippen molar-refractivity contribution in [2.45, 2.75) is 77.0 Å². The number of nitrogens with one attached hydrogen (secondary N) is 2. The molecule has 1 amide bonds. The van der Waals surface area contributed by atoms with Gasteiger partial charge in [-0.15, -0.1) is 0 Å². The number of benzene rings is 2. The lowest BCUT2D eigenvalue weighted by molar-refractivity contribution is 0.0829. The summed E-state index contributed by atoms with van der Waals surface area (Å²) in [6.07, 6.45) is 6.79. The van der Waals surface area contributed by atoms with Gasteiger partial charge < -0.3 is 15.7 Å². The average Bonchev–Trinajstić information content (AvgIpc) is 2.88. The second-order valence-corrected chi connectivity index (χ2v) is 10.3. The van der Waals surface area contributed by atoms with Gasteiger partial charge in [0.05, 0.1) is 12.1 Å². The SMILES string of the molecule is CC(C)c1cccc(CNC[C@@H](O)[C@@H]2Cc3cccc(c3)CCCCCc3cc(ccn3)C(=O)N2)c1. The third-order valence-corrected chi connectivity index (χ3v) is 7.01. The number of pyridine rings is 1. The minimum atomic E-state index is -0.733. The number of aliphatic hydroxyl groups excluding tert-OH is 1. The van der Waals surface area contributed by atoms with Crippen LogP contribution in [0.3, 0.4) is 0 Å². The van der Waals surface area contributed by atoms with Crippen LogP contribution in [0.25, 0.3) is 0 Å². The Morgan fingerprint density at radius 3 is 2.67 bits per heavy atom. The lowest BCUT2D eigenvalue weighted by Gasteiger charge is -2.25. The topological polar surface area (TPSA) is 74.2 Å². The summed E-state index contributed by atoms with van der Waals surface area (Å²) in [4.78, 5) is 17.6. The molecule has 2 atom stereocenters. The predicted molar refractivity (Wildman–Crippen MR) is 145 cm³/mol. The van der Waals surface area contributed by atoms with E-state index in [4.69, 9.17) is 0 Å². The van der Waals surface area contributed by atoms with E-state index in [1.54, 1.807) is 12.3 Å². The molecule has 0 aliphatic carbocycles. The molecule has 1 aliphatic rings. The third-order valence-electron chi connectivity index (χ3n) is 7.01. The maximum Gasteiger partial charge on any atom is 0.251 e. The van der Waals surface area contributed by atoms with Crippen LogP contribution in [-0.4, -0.2) is 34.7 Å². The molecule has 2 heterocycles. The first-order valence-corrected chi connectivity index (χ1v) is 13.3. The Morgan fingerprint density at radius 1 is 1.00 bits per heavy atom. The van der Waals surface area contributed by atoms with Gasteiger partial charge >= 0.3 is 0 Å². The first-order chi connectivity index (χ1) is 17.5. The Bertz CT molecular complexity index is 1140. The molecule has 4 rings (SSSR count). The number of hydrogen-bond donors (Lipinski definition) is 3. The van der Waals surface area contributed by atoms with Crippen molar-refractivity contribution in [3.05, 3.63) is 100 Å². The van der Waals surface area contributed by atoms with Crippen LogP contribution in [0, 0.1) is 0 Å². The summed E-state index contributed by atoms with van der Waals surface area (Å²) in [5.41, 5.74) is 6.48. The van der Waals surface area contributed by atoms with Gasteiger partial charge in [0, 0.05) is 30.5 Å². The van der Waals surface area contributed by atoms with Crippen LogP contribution in [0.15, 0.2) is 66.9 Å². The molecule has 190 valence electrons. The molecule has 3 aromatic rings. The second-order valence-electron chi connectivity index (χ2n) is 10.3. The van der Waals surface area contributed by atoms with Crippen molar-refractivity contribution in [2.24, 2.45) is 0 Å². The van der Waals surface area contributed by atoms with Crippen molar-refractivity contribution in [3.63, 3.8) is 0 Å². The number of fused-ring (bicyclic) bond motifs is 4. The molecule has 5 heteroatoms. The van der Waals surface area contributed by atoms with Crippen molar-refractivity contribution >= 4 is 5.91 Å². The number of carbonyl (C=O) groups is 1. The normalized spacial score (nSPS) is 17.7. The number of aryl methyl sites for hydroxylation is 2. The Balaban J connectivity index is 1.49. The molecular weight excluding hydrogens is 446 g/mol. The first kappa shape index (κ1) is 26.1. The van der Waals surface area contributed by atoms with Gasteiger partial charge in [-0.05, 0) is 72.4 Å². The van der Waals surface area contributed by atoms with Gasteiger partial charge in [0.2, 0.25) is 0 Å². The van der Waals surface area contributed by atoms with Gasteiger partial charge in [0.15, 0.2) is 0 Å². The molecule has 0 radical (unpaired) electrons. The molecule has 36 heavy (non-hydrogen) atoms. The van der Waals surface area contributed by atoms with Crippen LogP contribution in [0.1, 0.15) is 77.3 Å².